The number of hydroxylamine groups is 2. The third-order valence-electron chi connectivity index (χ3n) is 11.8. The maximum Gasteiger partial charge on any atom is 0.333 e. The van der Waals surface area contributed by atoms with Gasteiger partial charge in [-0.1, -0.05) is 68.4 Å². The first-order valence-electron chi connectivity index (χ1n) is 19.4. The van der Waals surface area contributed by atoms with Crippen molar-refractivity contribution in [1.82, 2.24) is 5.06 Å². The van der Waals surface area contributed by atoms with Crippen molar-refractivity contribution in [3.05, 3.63) is 119 Å². The fourth-order valence-electron chi connectivity index (χ4n) is 9.05. The second-order valence-corrected chi connectivity index (χ2v) is 17.8. The molecule has 1 fully saturated rings. The summed E-state index contributed by atoms with van der Waals surface area (Å²) in [4.78, 5) is 58.1. The fraction of sp³-hybridized carbons (Fsp3) is 0.311. The molecule has 58 heavy (non-hydrogen) atoms. The van der Waals surface area contributed by atoms with Gasteiger partial charge in [-0.3, -0.25) is 18.9 Å². The lowest BCUT2D eigenvalue weighted by Crippen LogP contribution is -2.33. The van der Waals surface area contributed by atoms with Gasteiger partial charge in [0.1, 0.15) is 12.3 Å². The topological polar surface area (TPSA) is 162 Å². The van der Waals surface area contributed by atoms with Gasteiger partial charge in [-0.2, -0.15) is 13.0 Å². The van der Waals surface area contributed by atoms with Crippen molar-refractivity contribution in [2.75, 3.05) is 23.7 Å². The first-order chi connectivity index (χ1) is 27.5. The molecule has 0 saturated carbocycles. The predicted octanol–water partition coefficient (Wildman–Crippen LogP) is 7.04. The Labute approximate surface area is 336 Å². The molecule has 2 N–H and O–H groups in total. The number of aliphatic hydroxyl groups is 1. The number of benzene rings is 4. The molecule has 8 rings (SSSR count). The van der Waals surface area contributed by atoms with Gasteiger partial charge in [0.25, 0.3) is 21.9 Å². The Bertz CT molecular complexity index is 2720. The predicted molar refractivity (Wildman–Crippen MR) is 219 cm³/mol. The summed E-state index contributed by atoms with van der Waals surface area (Å²) in [5, 5.41) is 16.4. The van der Waals surface area contributed by atoms with Crippen LogP contribution in [0.5, 0.6) is 0 Å². The summed E-state index contributed by atoms with van der Waals surface area (Å²) in [7, 11) is -4.21. The van der Waals surface area contributed by atoms with Crippen LogP contribution in [0.2, 0.25) is 0 Å². The third kappa shape index (κ3) is 6.51. The number of anilines is 1. The van der Waals surface area contributed by atoms with Gasteiger partial charge in [-0.15, -0.1) is 5.06 Å². The maximum atomic E-state index is 14.2. The maximum absolute atomic E-state index is 14.2. The number of hydrogen-bond acceptors (Lipinski definition) is 9. The van der Waals surface area contributed by atoms with Crippen LogP contribution in [0.3, 0.4) is 0 Å². The third-order valence-corrected chi connectivity index (χ3v) is 12.6. The number of carbonyl (C=O) groups is 4. The van der Waals surface area contributed by atoms with Crippen LogP contribution >= 0.6 is 0 Å². The van der Waals surface area contributed by atoms with Gasteiger partial charge in [0, 0.05) is 60.3 Å². The molecule has 0 unspecified atom stereocenters. The van der Waals surface area contributed by atoms with Gasteiger partial charge < -0.3 is 14.8 Å². The molecule has 4 aromatic rings. The highest BCUT2D eigenvalue weighted by Crippen LogP contribution is 2.52. The second kappa shape index (κ2) is 14.2. The van der Waals surface area contributed by atoms with Crippen molar-refractivity contribution in [3.63, 3.8) is 0 Å². The molecule has 298 valence electrons. The summed E-state index contributed by atoms with van der Waals surface area (Å²) in [5.74, 6) is -2.75. The highest BCUT2D eigenvalue weighted by Gasteiger charge is 2.48. The van der Waals surface area contributed by atoms with Crippen LogP contribution in [-0.2, 0) is 45.0 Å². The molecule has 4 aliphatic rings. The summed E-state index contributed by atoms with van der Waals surface area (Å²) >= 11 is 0. The number of rotatable bonds is 11. The van der Waals surface area contributed by atoms with Crippen molar-refractivity contribution >= 4 is 72.3 Å². The van der Waals surface area contributed by atoms with Gasteiger partial charge in [0.05, 0.1) is 28.7 Å². The average molecular weight is 803 g/mol. The quantitative estimate of drug-likeness (QED) is 0.0697. The molecular formula is C45H44N3O9S+. The largest absolute Gasteiger partial charge is 0.506 e. The molecule has 4 aromatic carbocycles. The summed E-state index contributed by atoms with van der Waals surface area (Å²) in [6.45, 7) is 8.78. The number of carbonyl (C=O) groups excluding carboxylic acids is 4. The molecule has 12 nitrogen and oxygen atoms in total. The number of nitrogens with zero attached hydrogens (tertiary/aromatic N) is 3. The minimum atomic E-state index is -4.21. The van der Waals surface area contributed by atoms with Gasteiger partial charge in [0.15, 0.2) is 5.71 Å². The summed E-state index contributed by atoms with van der Waals surface area (Å²) < 4.78 is 34.9. The monoisotopic (exact) mass is 802 g/mol. The molecule has 0 aromatic heterocycles. The molecule has 3 aliphatic heterocycles. The van der Waals surface area contributed by atoms with Gasteiger partial charge >= 0.3 is 5.97 Å². The lowest BCUT2D eigenvalue weighted by atomic mass is 9.76. The molecule has 1 aliphatic carbocycles. The smallest absolute Gasteiger partial charge is 0.333 e. The van der Waals surface area contributed by atoms with Crippen molar-refractivity contribution in [2.24, 2.45) is 0 Å². The van der Waals surface area contributed by atoms with E-state index in [1.165, 1.54) is 0 Å². The van der Waals surface area contributed by atoms with E-state index < -0.39 is 44.5 Å². The lowest BCUT2D eigenvalue weighted by molar-refractivity contribution is -0.438. The van der Waals surface area contributed by atoms with Crippen LogP contribution in [0.4, 0.5) is 11.4 Å². The second-order valence-electron chi connectivity index (χ2n) is 16.3. The molecule has 0 atom stereocenters. The molecule has 0 spiro atoms. The van der Waals surface area contributed by atoms with E-state index in [4.69, 9.17) is 4.84 Å². The van der Waals surface area contributed by atoms with E-state index >= 15 is 0 Å². The first kappa shape index (κ1) is 38.9. The molecule has 3 heterocycles. The molecular weight excluding hydrogens is 759 g/mol. The number of hydrogen-bond donors (Lipinski definition) is 2. The number of allylic oxidation sites excluding steroid dienone is 5. The Hall–Kier alpha value is -5.92. The minimum absolute atomic E-state index is 0.00341. The highest BCUT2D eigenvalue weighted by atomic mass is 32.2. The molecule has 2 amide bonds. The van der Waals surface area contributed by atoms with Crippen LogP contribution in [-0.4, -0.2) is 75.8 Å². The van der Waals surface area contributed by atoms with Crippen molar-refractivity contribution in [1.29, 1.82) is 0 Å². The number of fused-ring (bicyclic) bond motifs is 6. The summed E-state index contributed by atoms with van der Waals surface area (Å²) in [6, 6.07) is 24.0. The van der Waals surface area contributed by atoms with E-state index in [1.807, 2.05) is 96.1 Å². The zero-order chi connectivity index (χ0) is 41.3. The Balaban J connectivity index is 1.16. The summed E-state index contributed by atoms with van der Waals surface area (Å²) in [6.07, 6.45) is 3.79. The van der Waals surface area contributed by atoms with Crippen molar-refractivity contribution in [3.8, 4) is 0 Å². The van der Waals surface area contributed by atoms with Crippen LogP contribution in [0.15, 0.2) is 108 Å². The van der Waals surface area contributed by atoms with Gasteiger partial charge in [0.2, 0.25) is 11.5 Å². The van der Waals surface area contributed by atoms with E-state index in [0.717, 1.165) is 49.8 Å². The minimum Gasteiger partial charge on any atom is -0.506 e. The zero-order valence-corrected chi connectivity index (χ0v) is 33.6. The molecule has 13 heteroatoms. The van der Waals surface area contributed by atoms with E-state index in [2.05, 4.69) is 13.8 Å². The Morgan fingerprint density at radius 1 is 0.828 bits per heavy atom. The SMILES string of the molecule is CC1(C)C(=CC2=C(O)C(=CC3=[N+](CCCC(=O)ON4C(=O)CCC4=O)c4ccc5ccccc5c4C3(C)C)C2=O)N(CCCS(=O)(=O)O)c2ccc3ccccc3c21. The average Bonchev–Trinajstić information content (AvgIpc) is 3.70. The Morgan fingerprint density at radius 3 is 2.09 bits per heavy atom. The molecule has 0 radical (unpaired) electrons. The van der Waals surface area contributed by atoms with Crippen LogP contribution < -0.4 is 4.90 Å². The standard InChI is InChI=1S/C45H43N3O9S/c1-44(2)35(46(33-18-16-27-11-5-7-13-29(27)40(33)44)22-9-15-39(51)57-48-37(49)20-21-38(48)50)25-31-42(52)32(43(31)53)26-36-45(3,4)41-30-14-8-6-12-28(30)17-19-34(41)47(36)23-10-24-58(54,55)56/h5-8,11-14,16-19,25-26H,9-10,15,20-24H2,1-4H3,(H-,52,53,54,55,56)/p+1. The lowest BCUT2D eigenvalue weighted by Gasteiger charge is -2.29. The van der Waals surface area contributed by atoms with Crippen LogP contribution in [0, 0.1) is 0 Å². The Kier molecular flexibility index (Phi) is 9.51. The fourth-order valence-corrected chi connectivity index (χ4v) is 9.54. The van der Waals surface area contributed by atoms with E-state index in [0.29, 0.717) is 23.7 Å². The number of ketones is 1. The number of Topliss-reactive ketones (excluding diaryl/α,β-unsaturated/α-hetero) is 1. The Morgan fingerprint density at radius 2 is 1.45 bits per heavy atom. The summed E-state index contributed by atoms with van der Waals surface area (Å²) in [5.41, 5.74) is 4.22. The normalized spacial score (nSPS) is 19.9. The number of imide groups is 1. The number of aliphatic hydroxyl groups excluding tert-OH is 1. The van der Waals surface area contributed by atoms with E-state index in [1.54, 1.807) is 12.2 Å². The molecule has 1 saturated heterocycles. The van der Waals surface area contributed by atoms with Crippen molar-refractivity contribution in [2.45, 2.75) is 70.6 Å². The van der Waals surface area contributed by atoms with Crippen LogP contribution in [0.1, 0.15) is 70.9 Å². The zero-order valence-electron chi connectivity index (χ0n) is 32.7. The van der Waals surface area contributed by atoms with Crippen LogP contribution in [0.25, 0.3) is 21.5 Å². The molecule has 0 bridgehead atoms. The highest BCUT2D eigenvalue weighted by molar-refractivity contribution is 7.85. The first-order valence-corrected chi connectivity index (χ1v) is 21.0. The van der Waals surface area contributed by atoms with E-state index in [-0.39, 0.29) is 54.9 Å². The van der Waals surface area contributed by atoms with Crippen molar-refractivity contribution < 1.29 is 46.7 Å². The van der Waals surface area contributed by atoms with E-state index in [9.17, 15) is 37.3 Å². The van der Waals surface area contributed by atoms with Gasteiger partial charge in [-0.25, -0.2) is 4.79 Å². The van der Waals surface area contributed by atoms with Gasteiger partial charge in [-0.05, 0) is 65.6 Å². The number of amides is 2.